The molecule has 2 N–H and O–H groups in total. The Bertz CT molecular complexity index is 1460. The van der Waals surface area contributed by atoms with E-state index in [0.717, 1.165) is 5.69 Å². The highest BCUT2D eigenvalue weighted by molar-refractivity contribution is 6.05. The van der Waals surface area contributed by atoms with Crippen LogP contribution in [0.1, 0.15) is 10.4 Å². The fourth-order valence-electron chi connectivity index (χ4n) is 3.15. The van der Waals surface area contributed by atoms with Crippen LogP contribution >= 0.6 is 0 Å². The molecule has 0 fully saturated rings. The fourth-order valence-corrected chi connectivity index (χ4v) is 3.15. The predicted octanol–water partition coefficient (Wildman–Crippen LogP) is 3.76. The van der Waals surface area contributed by atoms with E-state index in [2.05, 4.69) is 25.7 Å². The number of carbonyl (C=O) groups is 1. The molecule has 5 aromatic rings. The second-order valence-electron chi connectivity index (χ2n) is 6.85. The number of nitrogens with one attached hydrogen (secondary N) is 2. The molecule has 0 saturated carbocycles. The van der Waals surface area contributed by atoms with Gasteiger partial charge in [0.25, 0.3) is 5.91 Å². The number of nitrogens with zero attached hydrogens (tertiary/aromatic N) is 4. The predicted molar refractivity (Wildman–Crippen MR) is 119 cm³/mol. The standard InChI is InChI=1S/C23H16N6O3/c30-22(18-12-15-4-1-2-5-19(15)32-23(18)31)28-17-8-6-16(7-9-17)27-20-13-21(25-14-24-20)29-11-3-10-26-29/h1-14H,(H,28,30)(H,24,25,27). The summed E-state index contributed by atoms with van der Waals surface area (Å²) < 4.78 is 6.86. The Labute approximate surface area is 181 Å². The lowest BCUT2D eigenvalue weighted by molar-refractivity contribution is 0.102. The van der Waals surface area contributed by atoms with Gasteiger partial charge in [0.2, 0.25) is 0 Å². The molecule has 3 aromatic heterocycles. The summed E-state index contributed by atoms with van der Waals surface area (Å²) in [6, 6.07) is 19.1. The minimum atomic E-state index is -0.684. The van der Waals surface area contributed by atoms with E-state index < -0.39 is 11.5 Å². The van der Waals surface area contributed by atoms with Crippen LogP contribution in [0.25, 0.3) is 16.8 Å². The molecule has 5 rings (SSSR count). The maximum Gasteiger partial charge on any atom is 0.349 e. The third kappa shape index (κ3) is 3.94. The molecular formula is C23H16N6O3. The van der Waals surface area contributed by atoms with Crippen molar-refractivity contribution in [1.82, 2.24) is 19.7 Å². The number of hydrogen-bond acceptors (Lipinski definition) is 7. The van der Waals surface area contributed by atoms with Gasteiger partial charge in [0.15, 0.2) is 5.82 Å². The van der Waals surface area contributed by atoms with Gasteiger partial charge in [0.05, 0.1) is 0 Å². The summed E-state index contributed by atoms with van der Waals surface area (Å²) in [4.78, 5) is 33.2. The highest BCUT2D eigenvalue weighted by Crippen LogP contribution is 2.19. The SMILES string of the molecule is O=C(Nc1ccc(Nc2cc(-n3cccn3)ncn2)cc1)c1cc2ccccc2oc1=O. The van der Waals surface area contributed by atoms with E-state index >= 15 is 0 Å². The minimum absolute atomic E-state index is 0.0574. The quantitative estimate of drug-likeness (QED) is 0.413. The first kappa shape index (κ1) is 19.2. The molecule has 1 amide bonds. The average Bonchev–Trinajstić information content (AvgIpc) is 3.35. The molecule has 0 atom stereocenters. The van der Waals surface area contributed by atoms with E-state index in [1.165, 1.54) is 12.4 Å². The maximum atomic E-state index is 12.6. The maximum absolute atomic E-state index is 12.6. The van der Waals surface area contributed by atoms with Crippen molar-refractivity contribution in [3.05, 3.63) is 101 Å². The molecule has 0 unspecified atom stereocenters. The molecule has 0 bridgehead atoms. The van der Waals surface area contributed by atoms with Crippen LogP contribution < -0.4 is 16.3 Å². The second-order valence-corrected chi connectivity index (χ2v) is 6.85. The van der Waals surface area contributed by atoms with Gasteiger partial charge in [0.1, 0.15) is 23.3 Å². The molecule has 9 heteroatoms. The normalized spacial score (nSPS) is 10.8. The molecule has 0 spiro atoms. The Morgan fingerprint density at radius 2 is 1.75 bits per heavy atom. The van der Waals surface area contributed by atoms with Crippen molar-refractivity contribution in [1.29, 1.82) is 0 Å². The fraction of sp³-hybridized carbons (Fsp3) is 0. The molecule has 2 aromatic carbocycles. The first-order valence-electron chi connectivity index (χ1n) is 9.69. The van der Waals surface area contributed by atoms with Gasteiger partial charge in [-0.1, -0.05) is 18.2 Å². The van der Waals surface area contributed by atoms with Gasteiger partial charge in [-0.15, -0.1) is 0 Å². The van der Waals surface area contributed by atoms with Gasteiger partial charge in [0, 0.05) is 35.2 Å². The zero-order valence-electron chi connectivity index (χ0n) is 16.6. The van der Waals surface area contributed by atoms with Crippen LogP contribution in [0.4, 0.5) is 17.2 Å². The van der Waals surface area contributed by atoms with Gasteiger partial charge in [-0.05, 0) is 42.5 Å². The number of benzene rings is 2. The minimum Gasteiger partial charge on any atom is -0.422 e. The third-order valence-corrected chi connectivity index (χ3v) is 4.69. The summed E-state index contributed by atoms with van der Waals surface area (Å²) in [5, 5.41) is 10.7. The van der Waals surface area contributed by atoms with E-state index in [1.54, 1.807) is 65.6 Å². The van der Waals surface area contributed by atoms with Crippen LogP contribution in [0.15, 0.2) is 94.7 Å². The Kier molecular flexibility index (Phi) is 4.89. The molecule has 9 nitrogen and oxygen atoms in total. The first-order valence-corrected chi connectivity index (χ1v) is 9.69. The van der Waals surface area contributed by atoms with Gasteiger partial charge < -0.3 is 15.1 Å². The highest BCUT2D eigenvalue weighted by atomic mass is 16.4. The average molecular weight is 424 g/mol. The van der Waals surface area contributed by atoms with Crippen molar-refractivity contribution in [2.75, 3.05) is 10.6 Å². The lowest BCUT2D eigenvalue weighted by atomic mass is 10.1. The number of amides is 1. The van der Waals surface area contributed by atoms with E-state index in [4.69, 9.17) is 4.42 Å². The molecule has 32 heavy (non-hydrogen) atoms. The number of anilines is 3. The van der Waals surface area contributed by atoms with Crippen LogP contribution in [0, 0.1) is 0 Å². The molecule has 3 heterocycles. The van der Waals surface area contributed by atoms with E-state index in [-0.39, 0.29) is 5.56 Å². The number of para-hydroxylation sites is 1. The summed E-state index contributed by atoms with van der Waals surface area (Å²) in [5.74, 6) is 0.687. The highest BCUT2D eigenvalue weighted by Gasteiger charge is 2.14. The molecular weight excluding hydrogens is 408 g/mol. The van der Waals surface area contributed by atoms with Crippen molar-refractivity contribution >= 4 is 34.1 Å². The van der Waals surface area contributed by atoms with Crippen molar-refractivity contribution < 1.29 is 9.21 Å². The molecule has 0 radical (unpaired) electrons. The van der Waals surface area contributed by atoms with Crippen LogP contribution in [-0.2, 0) is 0 Å². The number of hydrogen-bond donors (Lipinski definition) is 2. The van der Waals surface area contributed by atoms with Gasteiger partial charge in [-0.3, -0.25) is 4.79 Å². The zero-order valence-corrected chi connectivity index (χ0v) is 16.6. The number of aromatic nitrogens is 4. The monoisotopic (exact) mass is 424 g/mol. The summed E-state index contributed by atoms with van der Waals surface area (Å²) in [5.41, 5.74) is 0.991. The van der Waals surface area contributed by atoms with Crippen molar-refractivity contribution in [3.63, 3.8) is 0 Å². The third-order valence-electron chi connectivity index (χ3n) is 4.69. The largest absolute Gasteiger partial charge is 0.422 e. The van der Waals surface area contributed by atoms with E-state index in [0.29, 0.717) is 28.3 Å². The lowest BCUT2D eigenvalue weighted by Crippen LogP contribution is -2.20. The van der Waals surface area contributed by atoms with Crippen LogP contribution in [0.5, 0.6) is 0 Å². The van der Waals surface area contributed by atoms with Crippen LogP contribution in [0.3, 0.4) is 0 Å². The number of rotatable bonds is 5. The van der Waals surface area contributed by atoms with E-state index in [9.17, 15) is 9.59 Å². The molecule has 0 aliphatic carbocycles. The van der Waals surface area contributed by atoms with Gasteiger partial charge >= 0.3 is 5.63 Å². The molecule has 0 saturated heterocycles. The number of fused-ring (bicyclic) bond motifs is 1. The topological polar surface area (TPSA) is 115 Å². The first-order chi connectivity index (χ1) is 15.7. The van der Waals surface area contributed by atoms with Crippen molar-refractivity contribution in [2.24, 2.45) is 0 Å². The summed E-state index contributed by atoms with van der Waals surface area (Å²) in [6.45, 7) is 0. The van der Waals surface area contributed by atoms with Crippen LogP contribution in [0.2, 0.25) is 0 Å². The molecule has 0 aliphatic heterocycles. The number of carbonyl (C=O) groups excluding carboxylic acids is 1. The second kappa shape index (κ2) is 8.15. The Hall–Kier alpha value is -4.79. The van der Waals surface area contributed by atoms with Gasteiger partial charge in [-0.25, -0.2) is 19.4 Å². The lowest BCUT2D eigenvalue weighted by Gasteiger charge is -2.09. The Balaban J connectivity index is 1.30. The van der Waals surface area contributed by atoms with Crippen molar-refractivity contribution in [2.45, 2.75) is 0 Å². The van der Waals surface area contributed by atoms with Crippen molar-refractivity contribution in [3.8, 4) is 5.82 Å². The Morgan fingerprint density at radius 3 is 2.56 bits per heavy atom. The van der Waals surface area contributed by atoms with Gasteiger partial charge in [-0.2, -0.15) is 5.10 Å². The molecule has 156 valence electrons. The summed E-state index contributed by atoms with van der Waals surface area (Å²) in [6.07, 6.45) is 4.91. The smallest absolute Gasteiger partial charge is 0.349 e. The summed E-state index contributed by atoms with van der Waals surface area (Å²) >= 11 is 0. The van der Waals surface area contributed by atoms with E-state index in [1.807, 2.05) is 12.1 Å². The summed E-state index contributed by atoms with van der Waals surface area (Å²) in [7, 11) is 0. The Morgan fingerprint density at radius 1 is 0.938 bits per heavy atom. The van der Waals surface area contributed by atoms with Crippen LogP contribution in [-0.4, -0.2) is 25.7 Å². The molecule has 0 aliphatic rings. The zero-order chi connectivity index (χ0) is 21.9.